The van der Waals surface area contributed by atoms with Crippen LogP contribution in [0.2, 0.25) is 0 Å². The maximum absolute atomic E-state index is 13.0. The molecule has 3 unspecified atom stereocenters. The first-order chi connectivity index (χ1) is 36.5. The Morgan fingerprint density at radius 1 is 0.453 bits per heavy atom. The number of amides is 1. The molecule has 9 heteroatoms. The van der Waals surface area contributed by atoms with Gasteiger partial charge in [0.05, 0.1) is 39.9 Å². The first-order valence-corrected chi connectivity index (χ1v) is 34.3. The zero-order chi connectivity index (χ0) is 54.9. The van der Waals surface area contributed by atoms with E-state index < -0.39 is 20.0 Å². The van der Waals surface area contributed by atoms with Gasteiger partial charge in [0.25, 0.3) is 0 Å². The van der Waals surface area contributed by atoms with Crippen molar-refractivity contribution in [3.05, 3.63) is 36.5 Å². The van der Waals surface area contributed by atoms with Gasteiger partial charge in [-0.2, -0.15) is 0 Å². The summed E-state index contributed by atoms with van der Waals surface area (Å²) in [4.78, 5) is 23.4. The van der Waals surface area contributed by atoms with E-state index in [4.69, 9.17) is 9.05 Å². The van der Waals surface area contributed by atoms with Gasteiger partial charge in [0.1, 0.15) is 13.2 Å². The van der Waals surface area contributed by atoms with E-state index in [9.17, 15) is 19.4 Å². The number of hydrogen-bond acceptors (Lipinski definition) is 5. The molecule has 0 aliphatic carbocycles. The van der Waals surface area contributed by atoms with Crippen LogP contribution < -0.4 is 5.32 Å². The fourth-order valence-corrected chi connectivity index (χ4v) is 10.7. The molecule has 0 bridgehead atoms. The number of allylic oxidation sites excluding steroid dienone is 6. The summed E-state index contributed by atoms with van der Waals surface area (Å²) in [6, 6.07) is -0.765. The largest absolute Gasteiger partial charge is 0.472 e. The summed E-state index contributed by atoms with van der Waals surface area (Å²) in [5.41, 5.74) is 0. The van der Waals surface area contributed by atoms with Crippen LogP contribution in [0, 0.1) is 0 Å². The molecule has 0 radical (unpaired) electrons. The zero-order valence-corrected chi connectivity index (χ0v) is 51.7. The SMILES string of the molecule is CCCCCCC/C=C\C/C=C\C/C=C\CCCCCCCCCCCCC(=O)NC(COP(=O)(O)OCC[N+](C)(C)C)C(O)CCCCCCCCCCCCCCCCCCCCCCCCCCCCCC. The van der Waals surface area contributed by atoms with E-state index >= 15 is 0 Å². The fraction of sp³-hybridized carbons (Fsp3) is 0.894. The van der Waals surface area contributed by atoms with Crippen LogP contribution in [0.25, 0.3) is 0 Å². The van der Waals surface area contributed by atoms with Crippen LogP contribution in [-0.2, 0) is 18.4 Å². The number of unbranched alkanes of at least 4 members (excludes halogenated alkanes) is 42. The van der Waals surface area contributed by atoms with Gasteiger partial charge in [0.2, 0.25) is 5.91 Å². The molecule has 0 aromatic rings. The number of aliphatic hydroxyl groups excluding tert-OH is 1. The quantitative estimate of drug-likeness (QED) is 0.0243. The van der Waals surface area contributed by atoms with E-state index in [1.165, 1.54) is 250 Å². The van der Waals surface area contributed by atoms with E-state index in [1.807, 2.05) is 21.1 Å². The predicted octanol–water partition coefficient (Wildman–Crippen LogP) is 20.5. The average molecular weight is 1080 g/mol. The van der Waals surface area contributed by atoms with Crippen LogP contribution in [0.15, 0.2) is 36.5 Å². The van der Waals surface area contributed by atoms with Crippen LogP contribution in [0.5, 0.6) is 0 Å². The maximum atomic E-state index is 13.0. The fourth-order valence-electron chi connectivity index (χ4n) is 10.00. The number of phosphoric acid groups is 1. The molecule has 0 aliphatic rings. The first kappa shape index (κ1) is 73.7. The van der Waals surface area contributed by atoms with Crippen molar-refractivity contribution < 1.29 is 32.9 Å². The Morgan fingerprint density at radius 2 is 0.760 bits per heavy atom. The predicted molar refractivity (Wildman–Crippen MR) is 328 cm³/mol. The van der Waals surface area contributed by atoms with Crippen molar-refractivity contribution in [3.8, 4) is 0 Å². The van der Waals surface area contributed by atoms with Crippen LogP contribution >= 0.6 is 7.82 Å². The highest BCUT2D eigenvalue weighted by molar-refractivity contribution is 7.47. The average Bonchev–Trinajstić information content (AvgIpc) is 3.37. The number of nitrogens with zero attached hydrogens (tertiary/aromatic N) is 1. The molecule has 3 atom stereocenters. The van der Waals surface area contributed by atoms with Crippen molar-refractivity contribution in [3.63, 3.8) is 0 Å². The maximum Gasteiger partial charge on any atom is 0.472 e. The highest BCUT2D eigenvalue weighted by Gasteiger charge is 2.28. The monoisotopic (exact) mass is 1080 g/mol. The Bertz CT molecular complexity index is 1320. The second kappa shape index (κ2) is 57.4. The molecule has 0 spiro atoms. The summed E-state index contributed by atoms with van der Waals surface area (Å²) < 4.78 is 23.9. The van der Waals surface area contributed by atoms with Crippen molar-refractivity contribution in [1.29, 1.82) is 0 Å². The van der Waals surface area contributed by atoms with Crippen LogP contribution in [0.1, 0.15) is 328 Å². The van der Waals surface area contributed by atoms with Gasteiger partial charge in [0.15, 0.2) is 0 Å². The Labute approximate surface area is 467 Å². The summed E-state index contributed by atoms with van der Waals surface area (Å²) in [5, 5.41) is 14.1. The number of nitrogens with one attached hydrogen (secondary N) is 1. The van der Waals surface area contributed by atoms with Crippen LogP contribution in [-0.4, -0.2) is 73.4 Å². The molecular formula is C66H130N2O6P+. The molecule has 0 saturated heterocycles. The molecule has 0 rings (SSSR count). The van der Waals surface area contributed by atoms with E-state index in [0.29, 0.717) is 23.9 Å². The number of aliphatic hydroxyl groups is 1. The molecule has 0 heterocycles. The lowest BCUT2D eigenvalue weighted by atomic mass is 10.0. The van der Waals surface area contributed by atoms with Gasteiger partial charge in [-0.25, -0.2) is 4.57 Å². The number of likely N-dealkylation sites (N-methyl/N-ethyl adjacent to an activating group) is 1. The molecular weight excluding hydrogens is 948 g/mol. The van der Waals surface area contributed by atoms with Crippen molar-refractivity contribution in [1.82, 2.24) is 5.32 Å². The molecule has 0 aliphatic heterocycles. The Kier molecular flexibility index (Phi) is 56.4. The molecule has 0 aromatic heterocycles. The lowest BCUT2D eigenvalue weighted by molar-refractivity contribution is -0.870. The van der Waals surface area contributed by atoms with Crippen LogP contribution in [0.3, 0.4) is 0 Å². The van der Waals surface area contributed by atoms with E-state index in [1.54, 1.807) is 0 Å². The summed E-state index contributed by atoms with van der Waals surface area (Å²) >= 11 is 0. The number of carbonyl (C=O) groups excluding carboxylic acids is 1. The van der Waals surface area contributed by atoms with Gasteiger partial charge in [0, 0.05) is 6.42 Å². The topological polar surface area (TPSA) is 105 Å². The molecule has 75 heavy (non-hydrogen) atoms. The van der Waals surface area contributed by atoms with E-state index in [2.05, 4.69) is 55.6 Å². The molecule has 1 amide bonds. The summed E-state index contributed by atoms with van der Waals surface area (Å²) in [6.07, 6.45) is 75.1. The Balaban J connectivity index is 4.08. The summed E-state index contributed by atoms with van der Waals surface area (Å²) in [5.74, 6) is -0.144. The van der Waals surface area contributed by atoms with Crippen molar-refractivity contribution >= 4 is 13.7 Å². The van der Waals surface area contributed by atoms with Crippen molar-refractivity contribution in [2.24, 2.45) is 0 Å². The number of quaternary nitrogens is 1. The highest BCUT2D eigenvalue weighted by Crippen LogP contribution is 2.43. The lowest BCUT2D eigenvalue weighted by Gasteiger charge is -2.26. The molecule has 444 valence electrons. The third-order valence-electron chi connectivity index (χ3n) is 15.1. The second-order valence-corrected chi connectivity index (χ2v) is 25.3. The van der Waals surface area contributed by atoms with Gasteiger partial charge in [-0.05, 0) is 51.4 Å². The number of rotatable bonds is 61. The number of hydrogen-bond donors (Lipinski definition) is 3. The van der Waals surface area contributed by atoms with Crippen LogP contribution in [0.4, 0.5) is 0 Å². The standard InChI is InChI=1S/C66H129N2O6P/c1-6-8-10-12-14-16-18-20-22-24-26-28-30-32-33-34-36-37-39-41-43-45-47-49-51-53-55-57-59-65(69)64(63-74-75(71,72)73-62-61-68(3,4)5)67-66(70)60-58-56-54-52-50-48-46-44-42-40-38-35-31-29-27-25-23-21-19-17-15-13-11-9-7-2/h19,21,25,27,31,35,64-65,69H,6-18,20,22-24,26,28-30,32-34,36-63H2,1-5H3,(H-,67,70,71,72)/p+1/b21-19-,27-25-,35-31-. The zero-order valence-electron chi connectivity index (χ0n) is 50.8. The van der Waals surface area contributed by atoms with E-state index in [-0.39, 0.29) is 19.1 Å². The van der Waals surface area contributed by atoms with E-state index in [0.717, 1.165) is 51.4 Å². The molecule has 0 saturated carbocycles. The first-order valence-electron chi connectivity index (χ1n) is 32.9. The van der Waals surface area contributed by atoms with Gasteiger partial charge >= 0.3 is 7.82 Å². The van der Waals surface area contributed by atoms with Crippen molar-refractivity contribution in [2.75, 3.05) is 40.9 Å². The Morgan fingerprint density at radius 3 is 1.11 bits per heavy atom. The van der Waals surface area contributed by atoms with Gasteiger partial charge in [-0.15, -0.1) is 0 Å². The molecule has 8 nitrogen and oxygen atoms in total. The van der Waals surface area contributed by atoms with Crippen molar-refractivity contribution in [2.45, 2.75) is 341 Å². The minimum atomic E-state index is -4.33. The third-order valence-corrected chi connectivity index (χ3v) is 16.1. The smallest absolute Gasteiger partial charge is 0.391 e. The minimum absolute atomic E-state index is 0.0743. The van der Waals surface area contributed by atoms with Gasteiger partial charge in [-0.1, -0.05) is 307 Å². The number of carbonyl (C=O) groups is 1. The number of phosphoric ester groups is 1. The summed E-state index contributed by atoms with van der Waals surface area (Å²) in [6.45, 7) is 4.92. The highest BCUT2D eigenvalue weighted by atomic mass is 31.2. The van der Waals surface area contributed by atoms with Gasteiger partial charge in [-0.3, -0.25) is 13.8 Å². The summed E-state index contributed by atoms with van der Waals surface area (Å²) in [7, 11) is 1.62. The molecule has 3 N–H and O–H groups in total. The Hall–Kier alpha value is -1.28. The normalized spacial score (nSPS) is 14.0. The van der Waals surface area contributed by atoms with Gasteiger partial charge < -0.3 is 19.8 Å². The second-order valence-electron chi connectivity index (χ2n) is 23.9. The molecule has 0 fully saturated rings. The minimum Gasteiger partial charge on any atom is -0.391 e. The lowest BCUT2D eigenvalue weighted by Crippen LogP contribution is -2.46. The molecule has 0 aromatic carbocycles. The third kappa shape index (κ3) is 60.2.